The smallest absolute Gasteiger partial charge is 0.324 e. The summed E-state index contributed by atoms with van der Waals surface area (Å²) in [5.41, 5.74) is 2.51. The van der Waals surface area contributed by atoms with Crippen LogP contribution in [-0.2, 0) is 24.1 Å². The fourth-order valence-corrected chi connectivity index (χ4v) is 3.74. The van der Waals surface area contributed by atoms with Crippen LogP contribution in [0.3, 0.4) is 0 Å². The summed E-state index contributed by atoms with van der Waals surface area (Å²) in [6.07, 6.45) is -4.60. The number of carbonyl (C=O) groups is 1. The normalized spacial score (nSPS) is 11.7. The van der Waals surface area contributed by atoms with Crippen LogP contribution in [0.5, 0.6) is 0 Å². The third-order valence-electron chi connectivity index (χ3n) is 4.53. The van der Waals surface area contributed by atoms with E-state index in [0.717, 1.165) is 26.1 Å². The van der Waals surface area contributed by atoms with Gasteiger partial charge in [0, 0.05) is 5.69 Å². The van der Waals surface area contributed by atoms with Crippen LogP contribution in [-0.4, -0.2) is 25.5 Å². The molecule has 0 spiro atoms. The van der Waals surface area contributed by atoms with Crippen molar-refractivity contribution in [1.82, 2.24) is 19.6 Å². The van der Waals surface area contributed by atoms with E-state index in [1.165, 1.54) is 6.92 Å². The van der Waals surface area contributed by atoms with Crippen molar-refractivity contribution in [3.8, 4) is 0 Å². The highest BCUT2D eigenvalue weighted by Gasteiger charge is 2.38. The largest absolute Gasteiger partial charge is 0.436 e. The molecule has 6 nitrogen and oxygen atoms in total. The molecule has 2 heterocycles. The number of anilines is 1. The number of rotatable bonds is 5. The molecule has 0 fully saturated rings. The molecule has 0 aliphatic rings. The van der Waals surface area contributed by atoms with Gasteiger partial charge in [-0.15, -0.1) is 0 Å². The number of benzene rings is 1. The van der Waals surface area contributed by atoms with Crippen molar-refractivity contribution in [2.75, 3.05) is 5.32 Å². The van der Waals surface area contributed by atoms with Gasteiger partial charge in [0.25, 0.3) is 0 Å². The van der Waals surface area contributed by atoms with Gasteiger partial charge < -0.3 is 5.32 Å². The molecule has 0 bridgehead atoms. The second-order valence-corrected chi connectivity index (χ2v) is 8.38. The van der Waals surface area contributed by atoms with Crippen LogP contribution in [0.25, 0.3) is 0 Å². The number of hydrogen-bond acceptors (Lipinski definition) is 3. The Morgan fingerprint density at radius 2 is 1.73 bits per heavy atom. The van der Waals surface area contributed by atoms with Crippen molar-refractivity contribution in [3.05, 3.63) is 61.6 Å². The van der Waals surface area contributed by atoms with Crippen LogP contribution in [0.15, 0.2) is 33.2 Å². The summed E-state index contributed by atoms with van der Waals surface area (Å²) >= 11 is 6.40. The Kier molecular flexibility index (Phi) is 6.42. The Hall–Kier alpha value is -2.14. The Morgan fingerprint density at radius 1 is 1.07 bits per heavy atom. The van der Waals surface area contributed by atoms with Crippen molar-refractivity contribution < 1.29 is 18.0 Å². The Bertz CT molecular complexity index is 1100. The van der Waals surface area contributed by atoms with Crippen molar-refractivity contribution in [3.63, 3.8) is 0 Å². The fraction of sp³-hybridized carbons (Fsp3) is 0.316. The van der Waals surface area contributed by atoms with Crippen LogP contribution in [0.2, 0.25) is 0 Å². The molecular weight excluding hydrogens is 531 g/mol. The summed E-state index contributed by atoms with van der Waals surface area (Å²) in [6, 6.07) is 7.22. The highest BCUT2D eigenvalue weighted by Crippen LogP contribution is 2.35. The number of amides is 1. The maximum atomic E-state index is 13.0. The molecular formula is C19H18Br2F3N5O. The third-order valence-corrected chi connectivity index (χ3v) is 6.63. The number of aromatic nitrogens is 4. The third kappa shape index (κ3) is 4.77. The number of hydrogen-bond donors (Lipinski definition) is 1. The van der Waals surface area contributed by atoms with Crippen molar-refractivity contribution >= 4 is 43.5 Å². The first-order chi connectivity index (χ1) is 14.0. The highest BCUT2D eigenvalue weighted by molar-refractivity contribution is 9.10. The molecule has 0 saturated heterocycles. The predicted molar refractivity (Wildman–Crippen MR) is 113 cm³/mol. The van der Waals surface area contributed by atoms with E-state index in [1.807, 2.05) is 24.6 Å². The van der Waals surface area contributed by atoms with Gasteiger partial charge in [0.05, 0.1) is 32.6 Å². The lowest BCUT2D eigenvalue weighted by Gasteiger charge is -2.10. The maximum Gasteiger partial charge on any atom is 0.436 e. The minimum atomic E-state index is -4.60. The first kappa shape index (κ1) is 22.5. The second kappa shape index (κ2) is 8.54. The quantitative estimate of drug-likeness (QED) is 0.474. The van der Waals surface area contributed by atoms with Gasteiger partial charge >= 0.3 is 6.18 Å². The van der Waals surface area contributed by atoms with E-state index < -0.39 is 17.8 Å². The van der Waals surface area contributed by atoms with Gasteiger partial charge in [0.1, 0.15) is 6.54 Å². The van der Waals surface area contributed by atoms with Gasteiger partial charge in [0.2, 0.25) is 5.91 Å². The van der Waals surface area contributed by atoms with E-state index in [0.29, 0.717) is 12.2 Å². The first-order valence-corrected chi connectivity index (χ1v) is 10.4. The molecule has 11 heteroatoms. The zero-order valence-corrected chi connectivity index (χ0v) is 19.5. The van der Waals surface area contributed by atoms with E-state index in [1.54, 1.807) is 18.2 Å². The van der Waals surface area contributed by atoms with Gasteiger partial charge in [0.15, 0.2) is 5.69 Å². The van der Waals surface area contributed by atoms with E-state index in [-0.39, 0.29) is 16.7 Å². The van der Waals surface area contributed by atoms with Crippen LogP contribution >= 0.6 is 31.9 Å². The molecule has 0 unspecified atom stereocenters. The molecule has 3 aromatic rings. The molecule has 1 amide bonds. The minimum absolute atomic E-state index is 0.166. The molecule has 0 saturated carbocycles. The lowest BCUT2D eigenvalue weighted by Crippen LogP contribution is -2.21. The molecule has 1 N–H and O–H groups in total. The lowest BCUT2D eigenvalue weighted by molar-refractivity contribution is -0.142. The molecule has 30 heavy (non-hydrogen) atoms. The van der Waals surface area contributed by atoms with Gasteiger partial charge in [-0.2, -0.15) is 23.4 Å². The predicted octanol–water partition coefficient (Wildman–Crippen LogP) is 5.24. The second-order valence-electron chi connectivity index (χ2n) is 6.79. The topological polar surface area (TPSA) is 64.7 Å². The first-order valence-electron chi connectivity index (χ1n) is 8.85. The standard InChI is InChI=1S/C19H18Br2F3N5O/c1-10-16(20)11(2)28(26-10)8-13-5-4-6-14(7-13)25-15(30)9-29-12(3)17(21)18(27-29)19(22,23)24/h4-7H,8-9H2,1-3H3,(H,25,30). The summed E-state index contributed by atoms with van der Waals surface area (Å²) in [5.74, 6) is -0.479. The van der Waals surface area contributed by atoms with E-state index in [2.05, 4.69) is 47.4 Å². The monoisotopic (exact) mass is 547 g/mol. The van der Waals surface area contributed by atoms with Crippen LogP contribution in [0.1, 0.15) is 28.3 Å². The molecule has 2 aromatic heterocycles. The number of nitrogens with one attached hydrogen (secondary N) is 1. The van der Waals surface area contributed by atoms with Gasteiger partial charge in [-0.3, -0.25) is 14.2 Å². The van der Waals surface area contributed by atoms with Crippen molar-refractivity contribution in [1.29, 1.82) is 0 Å². The van der Waals surface area contributed by atoms with Crippen LogP contribution in [0, 0.1) is 20.8 Å². The van der Waals surface area contributed by atoms with Crippen molar-refractivity contribution in [2.45, 2.75) is 40.0 Å². The van der Waals surface area contributed by atoms with Gasteiger partial charge in [-0.1, -0.05) is 12.1 Å². The summed E-state index contributed by atoms with van der Waals surface area (Å²) in [6.45, 7) is 5.50. The Morgan fingerprint density at radius 3 is 2.30 bits per heavy atom. The Labute approximate surface area is 187 Å². The molecule has 3 rings (SSSR count). The number of nitrogens with zero attached hydrogens (tertiary/aromatic N) is 4. The molecule has 1 aromatic carbocycles. The summed E-state index contributed by atoms with van der Waals surface area (Å²) in [7, 11) is 0. The zero-order chi connectivity index (χ0) is 22.2. The maximum absolute atomic E-state index is 13.0. The highest BCUT2D eigenvalue weighted by atomic mass is 79.9. The van der Waals surface area contributed by atoms with Gasteiger partial charge in [-0.05, 0) is 70.3 Å². The SMILES string of the molecule is Cc1nn(Cc2cccc(NC(=O)Cn3nc(C(F)(F)F)c(Br)c3C)c2)c(C)c1Br. The molecule has 0 atom stereocenters. The summed E-state index contributed by atoms with van der Waals surface area (Å²) < 4.78 is 42.6. The Balaban J connectivity index is 1.72. The average molecular weight is 549 g/mol. The molecule has 0 aliphatic carbocycles. The number of halogens is 5. The van der Waals surface area contributed by atoms with E-state index >= 15 is 0 Å². The number of alkyl halides is 3. The summed E-state index contributed by atoms with van der Waals surface area (Å²) in [5, 5.41) is 10.7. The molecule has 0 radical (unpaired) electrons. The van der Waals surface area contributed by atoms with E-state index in [4.69, 9.17) is 0 Å². The lowest BCUT2D eigenvalue weighted by atomic mass is 10.2. The van der Waals surface area contributed by atoms with E-state index in [9.17, 15) is 18.0 Å². The fourth-order valence-electron chi connectivity index (χ4n) is 2.95. The van der Waals surface area contributed by atoms with Gasteiger partial charge in [-0.25, -0.2) is 0 Å². The molecule has 0 aliphatic heterocycles. The summed E-state index contributed by atoms with van der Waals surface area (Å²) in [4.78, 5) is 12.4. The molecule has 160 valence electrons. The van der Waals surface area contributed by atoms with Crippen molar-refractivity contribution in [2.24, 2.45) is 0 Å². The number of carbonyl (C=O) groups excluding carboxylic acids is 1. The number of aryl methyl sites for hydroxylation is 1. The zero-order valence-electron chi connectivity index (χ0n) is 16.3. The minimum Gasteiger partial charge on any atom is -0.324 e. The van der Waals surface area contributed by atoms with Crippen LogP contribution < -0.4 is 5.32 Å². The van der Waals surface area contributed by atoms with Crippen LogP contribution in [0.4, 0.5) is 18.9 Å². The average Bonchev–Trinajstić information content (AvgIpc) is 3.07.